The molecule has 3 rings (SSSR count). The van der Waals surface area contributed by atoms with E-state index in [0.717, 1.165) is 16.9 Å². The maximum atomic E-state index is 12.6. The molecule has 0 radical (unpaired) electrons. The van der Waals surface area contributed by atoms with Crippen molar-refractivity contribution < 1.29 is 9.59 Å². The second-order valence-electron chi connectivity index (χ2n) is 8.44. The first-order valence-corrected chi connectivity index (χ1v) is 12.2. The van der Waals surface area contributed by atoms with Crippen LogP contribution in [0, 0.1) is 13.8 Å². The van der Waals surface area contributed by atoms with E-state index in [1.165, 1.54) is 22.9 Å². The first kappa shape index (κ1) is 25.2. The molecule has 1 heterocycles. The minimum atomic E-state index is -0.180. The van der Waals surface area contributed by atoms with Crippen LogP contribution >= 0.6 is 11.8 Å². The Bertz CT molecular complexity index is 1170. The summed E-state index contributed by atoms with van der Waals surface area (Å²) in [6.45, 7) is 12.5. The molecule has 3 aromatic rings. The van der Waals surface area contributed by atoms with Gasteiger partial charge in [-0.15, -0.1) is 16.8 Å². The van der Waals surface area contributed by atoms with Gasteiger partial charge in [0.05, 0.1) is 12.2 Å². The van der Waals surface area contributed by atoms with Crippen LogP contribution in [0.15, 0.2) is 60.3 Å². The van der Waals surface area contributed by atoms with Crippen LogP contribution in [0.1, 0.15) is 42.3 Å². The lowest BCUT2D eigenvalue weighted by atomic mass is 10.0. The third kappa shape index (κ3) is 6.81. The Morgan fingerprint density at radius 3 is 2.32 bits per heavy atom. The van der Waals surface area contributed by atoms with E-state index < -0.39 is 0 Å². The normalized spacial score (nSPS) is 10.9. The number of amides is 2. The molecule has 0 atom stereocenters. The number of nitrogens with one attached hydrogen (secondary N) is 2. The fourth-order valence-electron chi connectivity index (χ4n) is 3.32. The van der Waals surface area contributed by atoms with E-state index in [4.69, 9.17) is 0 Å². The van der Waals surface area contributed by atoms with Gasteiger partial charge < -0.3 is 15.2 Å². The van der Waals surface area contributed by atoms with Gasteiger partial charge in [0.25, 0.3) is 0 Å². The molecule has 8 heteroatoms. The Hall–Kier alpha value is -3.39. The number of hydrogen-bond donors (Lipinski definition) is 2. The molecule has 0 aliphatic rings. The van der Waals surface area contributed by atoms with Crippen molar-refractivity contribution in [3.8, 4) is 0 Å². The highest BCUT2D eigenvalue weighted by atomic mass is 32.2. The van der Waals surface area contributed by atoms with Crippen LogP contribution in [-0.4, -0.2) is 32.3 Å². The number of anilines is 2. The van der Waals surface area contributed by atoms with Crippen LogP contribution in [0.4, 0.5) is 11.4 Å². The van der Waals surface area contributed by atoms with Gasteiger partial charge in [0.2, 0.25) is 11.8 Å². The number of nitrogens with zero attached hydrogens (tertiary/aromatic N) is 3. The van der Waals surface area contributed by atoms with E-state index >= 15 is 0 Å². The molecule has 1 aromatic heterocycles. The van der Waals surface area contributed by atoms with Crippen molar-refractivity contribution in [2.45, 2.75) is 51.7 Å². The molecule has 0 spiro atoms. The molecular formula is C26H31N5O2S. The summed E-state index contributed by atoms with van der Waals surface area (Å²) in [5, 5.41) is 14.8. The SMILES string of the molecule is C=CCn1c(CC(=O)Nc2ccc(C)c(C)c2)nnc1SCC(=O)Nc1ccc(C(C)C)cc1. The molecule has 0 saturated heterocycles. The van der Waals surface area contributed by atoms with Gasteiger partial charge in [0, 0.05) is 17.9 Å². The number of carbonyl (C=O) groups excluding carboxylic acids is 2. The molecule has 0 aliphatic heterocycles. The molecule has 0 saturated carbocycles. The molecule has 0 bridgehead atoms. The maximum Gasteiger partial charge on any atom is 0.234 e. The van der Waals surface area contributed by atoms with Gasteiger partial charge in [-0.1, -0.05) is 49.9 Å². The molecule has 0 fully saturated rings. The summed E-state index contributed by atoms with van der Waals surface area (Å²) < 4.78 is 1.81. The summed E-state index contributed by atoms with van der Waals surface area (Å²) in [7, 11) is 0. The predicted octanol–water partition coefficient (Wildman–Crippen LogP) is 5.12. The zero-order valence-corrected chi connectivity index (χ0v) is 20.9. The second-order valence-corrected chi connectivity index (χ2v) is 9.38. The number of benzene rings is 2. The van der Waals surface area contributed by atoms with E-state index in [0.29, 0.717) is 23.4 Å². The number of allylic oxidation sites excluding steroid dienone is 1. The van der Waals surface area contributed by atoms with Crippen molar-refractivity contribution in [1.29, 1.82) is 0 Å². The molecule has 0 aliphatic carbocycles. The van der Waals surface area contributed by atoms with Gasteiger partial charge in [-0.25, -0.2) is 0 Å². The van der Waals surface area contributed by atoms with Crippen molar-refractivity contribution in [2.75, 3.05) is 16.4 Å². The third-order valence-electron chi connectivity index (χ3n) is 5.41. The minimum absolute atomic E-state index is 0.0721. The Balaban J connectivity index is 1.60. The van der Waals surface area contributed by atoms with E-state index in [2.05, 4.69) is 41.3 Å². The van der Waals surface area contributed by atoms with E-state index in [9.17, 15) is 9.59 Å². The minimum Gasteiger partial charge on any atom is -0.326 e. The Morgan fingerprint density at radius 2 is 1.68 bits per heavy atom. The standard InChI is InChI=1S/C26H31N5O2S/c1-6-13-31-23(15-24(32)28-22-10-7-18(4)19(5)14-22)29-30-26(31)34-16-25(33)27-21-11-8-20(9-12-21)17(2)3/h6-12,14,17H,1,13,15-16H2,2-5H3,(H,27,33)(H,28,32). The Labute approximate surface area is 205 Å². The zero-order chi connectivity index (χ0) is 24.7. The smallest absolute Gasteiger partial charge is 0.234 e. The van der Waals surface area contributed by atoms with Crippen molar-refractivity contribution >= 4 is 35.0 Å². The fraction of sp³-hybridized carbons (Fsp3) is 0.308. The van der Waals surface area contributed by atoms with Crippen LogP contribution in [0.25, 0.3) is 0 Å². The third-order valence-corrected chi connectivity index (χ3v) is 6.37. The van der Waals surface area contributed by atoms with Crippen LogP contribution in [0.3, 0.4) is 0 Å². The summed E-state index contributed by atoms with van der Waals surface area (Å²) in [6, 6.07) is 13.6. The van der Waals surface area contributed by atoms with Gasteiger partial charge in [0.1, 0.15) is 5.82 Å². The summed E-state index contributed by atoms with van der Waals surface area (Å²) in [5.74, 6) is 0.822. The second kappa shape index (κ2) is 11.7. The van der Waals surface area contributed by atoms with Crippen LogP contribution in [0.5, 0.6) is 0 Å². The first-order valence-electron chi connectivity index (χ1n) is 11.2. The zero-order valence-electron chi connectivity index (χ0n) is 20.1. The molecule has 2 amide bonds. The summed E-state index contributed by atoms with van der Waals surface area (Å²) in [4.78, 5) is 25.0. The first-order chi connectivity index (χ1) is 16.3. The predicted molar refractivity (Wildman–Crippen MR) is 138 cm³/mol. The van der Waals surface area contributed by atoms with Crippen molar-refractivity contribution in [3.05, 3.63) is 77.6 Å². The molecule has 2 aromatic carbocycles. The molecule has 178 valence electrons. The number of thioether (sulfide) groups is 1. The number of aryl methyl sites for hydroxylation is 2. The van der Waals surface area contributed by atoms with Gasteiger partial charge in [-0.2, -0.15) is 0 Å². The van der Waals surface area contributed by atoms with Crippen molar-refractivity contribution in [3.63, 3.8) is 0 Å². The van der Waals surface area contributed by atoms with Crippen molar-refractivity contribution in [1.82, 2.24) is 14.8 Å². The van der Waals surface area contributed by atoms with Crippen LogP contribution in [0.2, 0.25) is 0 Å². The Kier molecular flexibility index (Phi) is 8.65. The average Bonchev–Trinajstić information content (AvgIpc) is 3.16. The largest absolute Gasteiger partial charge is 0.326 e. The number of aromatic nitrogens is 3. The number of hydrogen-bond acceptors (Lipinski definition) is 5. The van der Waals surface area contributed by atoms with Gasteiger partial charge in [-0.3, -0.25) is 9.59 Å². The Morgan fingerprint density at radius 1 is 1.00 bits per heavy atom. The monoisotopic (exact) mass is 477 g/mol. The van der Waals surface area contributed by atoms with E-state index in [1.54, 1.807) is 6.08 Å². The average molecular weight is 478 g/mol. The lowest BCUT2D eigenvalue weighted by Gasteiger charge is -2.10. The molecule has 34 heavy (non-hydrogen) atoms. The maximum absolute atomic E-state index is 12.6. The number of rotatable bonds is 10. The summed E-state index contributed by atoms with van der Waals surface area (Å²) in [6.07, 6.45) is 1.79. The van der Waals surface area contributed by atoms with Gasteiger partial charge >= 0.3 is 0 Å². The highest BCUT2D eigenvalue weighted by Gasteiger charge is 2.16. The molecule has 0 unspecified atom stereocenters. The topological polar surface area (TPSA) is 88.9 Å². The quantitative estimate of drug-likeness (QED) is 0.313. The lowest BCUT2D eigenvalue weighted by molar-refractivity contribution is -0.116. The van der Waals surface area contributed by atoms with Crippen LogP contribution in [-0.2, 0) is 22.6 Å². The fourth-order valence-corrected chi connectivity index (χ4v) is 4.08. The molecule has 7 nitrogen and oxygen atoms in total. The number of carbonyl (C=O) groups is 2. The highest BCUT2D eigenvalue weighted by Crippen LogP contribution is 2.20. The molecule has 2 N–H and O–H groups in total. The highest BCUT2D eigenvalue weighted by molar-refractivity contribution is 7.99. The van der Waals surface area contributed by atoms with Crippen LogP contribution < -0.4 is 10.6 Å². The summed E-state index contributed by atoms with van der Waals surface area (Å²) in [5.41, 5.74) is 5.00. The van der Waals surface area contributed by atoms with Crippen molar-refractivity contribution in [2.24, 2.45) is 0 Å². The van der Waals surface area contributed by atoms with Gasteiger partial charge in [0.15, 0.2) is 5.16 Å². The van der Waals surface area contributed by atoms with E-state index in [-0.39, 0.29) is 24.0 Å². The van der Waals surface area contributed by atoms with Gasteiger partial charge in [-0.05, 0) is 60.7 Å². The lowest BCUT2D eigenvalue weighted by Crippen LogP contribution is -2.18. The van der Waals surface area contributed by atoms with E-state index in [1.807, 2.05) is 60.9 Å². The molecular weight excluding hydrogens is 446 g/mol. The summed E-state index contributed by atoms with van der Waals surface area (Å²) >= 11 is 1.28.